The van der Waals surface area contributed by atoms with Crippen molar-refractivity contribution in [2.75, 3.05) is 0 Å². The number of alkyl halides is 3. The second-order valence-corrected chi connectivity index (χ2v) is 3.91. The summed E-state index contributed by atoms with van der Waals surface area (Å²) in [6, 6.07) is 5.61. The average Bonchev–Trinajstić information content (AvgIpc) is 2.40. The number of pyridine rings is 1. The largest absolute Gasteiger partial charge is 0.477 e. The summed E-state index contributed by atoms with van der Waals surface area (Å²) in [5.41, 5.74) is -1.82. The molecule has 8 heteroatoms. The van der Waals surface area contributed by atoms with Crippen LogP contribution in [0.4, 0.5) is 17.6 Å². The third kappa shape index (κ3) is 3.47. The van der Waals surface area contributed by atoms with Crippen LogP contribution >= 0.6 is 0 Å². The lowest BCUT2D eigenvalue weighted by atomic mass is 10.2. The Hall–Kier alpha value is -2.64. The fourth-order valence-electron chi connectivity index (χ4n) is 1.45. The van der Waals surface area contributed by atoms with E-state index in [1.807, 2.05) is 0 Å². The molecule has 0 atom stereocenters. The molecule has 0 saturated heterocycles. The maximum atomic E-state index is 12.7. The van der Waals surface area contributed by atoms with Gasteiger partial charge in [0.05, 0.1) is 0 Å². The second-order valence-electron chi connectivity index (χ2n) is 3.91. The molecular weight excluding hydrogens is 294 g/mol. The highest BCUT2D eigenvalue weighted by Crippen LogP contribution is 2.31. The van der Waals surface area contributed by atoms with E-state index in [-0.39, 0.29) is 5.75 Å². The molecule has 0 aliphatic heterocycles. The van der Waals surface area contributed by atoms with Crippen molar-refractivity contribution in [3.05, 3.63) is 53.5 Å². The van der Waals surface area contributed by atoms with Gasteiger partial charge >= 0.3 is 12.1 Å². The molecule has 4 nitrogen and oxygen atoms in total. The number of carboxylic acid groups (broad SMARTS) is 1. The first-order valence-corrected chi connectivity index (χ1v) is 5.52. The van der Waals surface area contributed by atoms with Crippen molar-refractivity contribution < 1.29 is 32.2 Å². The fourth-order valence-corrected chi connectivity index (χ4v) is 1.45. The first-order valence-electron chi connectivity index (χ1n) is 5.52. The van der Waals surface area contributed by atoms with Gasteiger partial charge in [0.2, 0.25) is 5.88 Å². The van der Waals surface area contributed by atoms with Crippen LogP contribution in [0.5, 0.6) is 11.6 Å². The minimum atomic E-state index is -4.74. The van der Waals surface area contributed by atoms with Gasteiger partial charge in [-0.25, -0.2) is 14.2 Å². The zero-order valence-electron chi connectivity index (χ0n) is 10.2. The summed E-state index contributed by atoms with van der Waals surface area (Å²) in [4.78, 5) is 14.1. The number of ether oxygens (including phenoxy) is 1. The summed E-state index contributed by atoms with van der Waals surface area (Å²) in [7, 11) is 0. The molecule has 1 aromatic heterocycles. The second kappa shape index (κ2) is 5.39. The molecule has 0 radical (unpaired) electrons. The number of benzene rings is 1. The topological polar surface area (TPSA) is 59.4 Å². The predicted octanol–water partition coefficient (Wildman–Crippen LogP) is 3.73. The Bertz CT molecular complexity index is 668. The van der Waals surface area contributed by atoms with Crippen molar-refractivity contribution in [3.63, 3.8) is 0 Å². The molecule has 110 valence electrons. The molecule has 0 unspecified atom stereocenters. The molecule has 0 spiro atoms. The molecule has 1 N–H and O–H groups in total. The van der Waals surface area contributed by atoms with Gasteiger partial charge in [-0.05, 0) is 36.4 Å². The van der Waals surface area contributed by atoms with E-state index >= 15 is 0 Å². The number of hydrogen-bond donors (Lipinski definition) is 1. The number of nitrogens with zero attached hydrogens (tertiary/aromatic N) is 1. The SMILES string of the molecule is O=C(O)c1ccc(C(F)(F)F)nc1Oc1ccc(F)cc1. The number of aromatic carboxylic acids is 1. The van der Waals surface area contributed by atoms with Crippen molar-refractivity contribution in [1.82, 2.24) is 4.98 Å². The maximum absolute atomic E-state index is 12.7. The highest BCUT2D eigenvalue weighted by atomic mass is 19.4. The number of hydrogen-bond acceptors (Lipinski definition) is 3. The van der Waals surface area contributed by atoms with Crippen LogP contribution < -0.4 is 4.74 Å². The zero-order chi connectivity index (χ0) is 15.6. The number of halogens is 4. The van der Waals surface area contributed by atoms with E-state index in [0.29, 0.717) is 6.07 Å². The van der Waals surface area contributed by atoms with Gasteiger partial charge in [0, 0.05) is 0 Å². The third-order valence-electron chi connectivity index (χ3n) is 2.41. The molecule has 0 aliphatic rings. The van der Waals surface area contributed by atoms with Gasteiger partial charge in [-0.15, -0.1) is 0 Å². The Morgan fingerprint density at radius 2 is 1.71 bits per heavy atom. The Kier molecular flexibility index (Phi) is 3.79. The Labute approximate surface area is 115 Å². The quantitative estimate of drug-likeness (QED) is 0.878. The first-order chi connectivity index (χ1) is 9.77. The monoisotopic (exact) mass is 301 g/mol. The number of carboxylic acids is 1. The van der Waals surface area contributed by atoms with Crippen LogP contribution in [-0.4, -0.2) is 16.1 Å². The molecule has 0 saturated carbocycles. The Morgan fingerprint density at radius 1 is 1.10 bits per heavy atom. The van der Waals surface area contributed by atoms with Crippen LogP contribution in [0.25, 0.3) is 0 Å². The average molecular weight is 301 g/mol. The molecule has 0 bridgehead atoms. The summed E-state index contributed by atoms with van der Waals surface area (Å²) in [6.45, 7) is 0. The summed E-state index contributed by atoms with van der Waals surface area (Å²) < 4.78 is 55.5. The van der Waals surface area contributed by atoms with E-state index < -0.39 is 35.1 Å². The van der Waals surface area contributed by atoms with Gasteiger partial charge in [0.15, 0.2) is 0 Å². The van der Waals surface area contributed by atoms with Crippen molar-refractivity contribution in [2.45, 2.75) is 6.18 Å². The van der Waals surface area contributed by atoms with Gasteiger partial charge in [0.1, 0.15) is 22.8 Å². The normalized spacial score (nSPS) is 11.2. The van der Waals surface area contributed by atoms with Crippen LogP contribution in [0, 0.1) is 5.82 Å². The van der Waals surface area contributed by atoms with Gasteiger partial charge in [0.25, 0.3) is 0 Å². The van der Waals surface area contributed by atoms with Crippen LogP contribution in [0.15, 0.2) is 36.4 Å². The Morgan fingerprint density at radius 3 is 2.24 bits per heavy atom. The minimum absolute atomic E-state index is 0.0364. The maximum Gasteiger partial charge on any atom is 0.433 e. The van der Waals surface area contributed by atoms with E-state index in [9.17, 15) is 22.4 Å². The molecule has 2 aromatic rings. The number of rotatable bonds is 3. The predicted molar refractivity (Wildman–Crippen MR) is 62.7 cm³/mol. The first kappa shape index (κ1) is 14.8. The van der Waals surface area contributed by atoms with E-state index in [0.717, 1.165) is 30.3 Å². The van der Waals surface area contributed by atoms with Gasteiger partial charge in [-0.3, -0.25) is 0 Å². The van der Waals surface area contributed by atoms with E-state index in [2.05, 4.69) is 4.98 Å². The van der Waals surface area contributed by atoms with Crippen LogP contribution in [0.1, 0.15) is 16.1 Å². The molecular formula is C13H7F4NO3. The molecule has 0 fully saturated rings. The van der Waals surface area contributed by atoms with E-state index in [1.165, 1.54) is 0 Å². The summed E-state index contributed by atoms with van der Waals surface area (Å²) in [5.74, 6) is -2.82. The molecule has 2 rings (SSSR count). The van der Waals surface area contributed by atoms with E-state index in [4.69, 9.17) is 9.84 Å². The summed E-state index contributed by atoms with van der Waals surface area (Å²) >= 11 is 0. The zero-order valence-corrected chi connectivity index (χ0v) is 10.2. The highest BCUT2D eigenvalue weighted by molar-refractivity contribution is 5.90. The standard InChI is InChI=1S/C13H7F4NO3/c14-7-1-3-8(4-2-7)21-11-9(12(19)20)5-6-10(18-11)13(15,16)17/h1-6H,(H,19,20). The van der Waals surface area contributed by atoms with Gasteiger partial charge in [-0.2, -0.15) is 13.2 Å². The summed E-state index contributed by atoms with van der Waals surface area (Å²) in [6.07, 6.45) is -4.74. The highest BCUT2D eigenvalue weighted by Gasteiger charge is 2.34. The number of carbonyl (C=O) groups is 1. The van der Waals surface area contributed by atoms with Crippen molar-refractivity contribution in [1.29, 1.82) is 0 Å². The van der Waals surface area contributed by atoms with Crippen LogP contribution in [0.2, 0.25) is 0 Å². The summed E-state index contributed by atoms with van der Waals surface area (Å²) in [5, 5.41) is 8.92. The van der Waals surface area contributed by atoms with Crippen LogP contribution in [0.3, 0.4) is 0 Å². The van der Waals surface area contributed by atoms with Gasteiger partial charge in [-0.1, -0.05) is 0 Å². The molecule has 0 aliphatic carbocycles. The third-order valence-corrected chi connectivity index (χ3v) is 2.41. The van der Waals surface area contributed by atoms with E-state index in [1.54, 1.807) is 0 Å². The van der Waals surface area contributed by atoms with Crippen LogP contribution in [-0.2, 0) is 6.18 Å². The fraction of sp³-hybridized carbons (Fsp3) is 0.0769. The van der Waals surface area contributed by atoms with Crippen molar-refractivity contribution >= 4 is 5.97 Å². The molecule has 1 aromatic carbocycles. The molecule has 21 heavy (non-hydrogen) atoms. The smallest absolute Gasteiger partial charge is 0.433 e. The van der Waals surface area contributed by atoms with Crippen molar-refractivity contribution in [2.24, 2.45) is 0 Å². The lowest BCUT2D eigenvalue weighted by Crippen LogP contribution is -2.11. The van der Waals surface area contributed by atoms with Crippen molar-refractivity contribution in [3.8, 4) is 11.6 Å². The number of aromatic nitrogens is 1. The molecule has 0 amide bonds. The lowest BCUT2D eigenvalue weighted by Gasteiger charge is -2.11. The Balaban J connectivity index is 2.43. The minimum Gasteiger partial charge on any atom is -0.477 e. The van der Waals surface area contributed by atoms with Gasteiger partial charge < -0.3 is 9.84 Å². The molecule has 1 heterocycles. The lowest BCUT2D eigenvalue weighted by molar-refractivity contribution is -0.141.